The summed E-state index contributed by atoms with van der Waals surface area (Å²) in [5, 5.41) is 18.5. The summed E-state index contributed by atoms with van der Waals surface area (Å²) in [5.41, 5.74) is 0. The Morgan fingerprint density at radius 1 is 1.47 bits per heavy atom. The van der Waals surface area contributed by atoms with Crippen LogP contribution in [0.3, 0.4) is 0 Å². The number of rotatable bonds is 3. The van der Waals surface area contributed by atoms with Crippen LogP contribution in [0, 0.1) is 0 Å². The number of carboxylic acids is 1. The molecule has 0 aliphatic carbocycles. The Labute approximate surface area is 101 Å². The number of carbonyl (C=O) groups excluding carboxylic acids is 1. The lowest BCUT2D eigenvalue weighted by atomic mass is 10.2. The molecule has 1 aliphatic heterocycles. The van der Waals surface area contributed by atoms with Crippen LogP contribution in [0.2, 0.25) is 0 Å². The fourth-order valence-electron chi connectivity index (χ4n) is 2.15. The van der Waals surface area contributed by atoms with E-state index in [0.29, 0.717) is 6.54 Å². The van der Waals surface area contributed by atoms with Gasteiger partial charge in [-0.05, 0) is 20.8 Å². The van der Waals surface area contributed by atoms with Crippen molar-refractivity contribution in [3.05, 3.63) is 0 Å². The summed E-state index contributed by atoms with van der Waals surface area (Å²) in [6.07, 6.45) is -0.637. The van der Waals surface area contributed by atoms with Crippen LogP contribution in [0.15, 0.2) is 0 Å². The van der Waals surface area contributed by atoms with E-state index in [2.05, 4.69) is 0 Å². The molecule has 0 saturated carbocycles. The van der Waals surface area contributed by atoms with Crippen molar-refractivity contribution in [2.45, 2.75) is 45.4 Å². The van der Waals surface area contributed by atoms with Gasteiger partial charge in [-0.1, -0.05) is 0 Å². The van der Waals surface area contributed by atoms with Gasteiger partial charge in [-0.25, -0.2) is 9.59 Å². The number of amides is 2. The highest BCUT2D eigenvalue weighted by Gasteiger charge is 2.40. The number of nitrogens with zero attached hydrogens (tertiary/aromatic N) is 2. The number of likely N-dealkylation sites (tertiary alicyclic amines) is 1. The largest absolute Gasteiger partial charge is 0.480 e. The van der Waals surface area contributed by atoms with E-state index in [1.54, 1.807) is 4.90 Å². The van der Waals surface area contributed by atoms with Gasteiger partial charge < -0.3 is 20.0 Å². The molecule has 6 heteroatoms. The maximum absolute atomic E-state index is 12.2. The lowest BCUT2D eigenvalue weighted by Gasteiger charge is -2.32. The van der Waals surface area contributed by atoms with Crippen molar-refractivity contribution in [3.63, 3.8) is 0 Å². The van der Waals surface area contributed by atoms with Gasteiger partial charge in [0.05, 0.1) is 6.10 Å². The molecule has 1 fully saturated rings. The van der Waals surface area contributed by atoms with E-state index in [9.17, 15) is 14.7 Å². The van der Waals surface area contributed by atoms with E-state index in [-0.39, 0.29) is 25.0 Å². The molecule has 0 aromatic rings. The summed E-state index contributed by atoms with van der Waals surface area (Å²) in [5.74, 6) is -1.06. The number of urea groups is 1. The van der Waals surface area contributed by atoms with Crippen molar-refractivity contribution >= 4 is 12.0 Å². The van der Waals surface area contributed by atoms with Gasteiger partial charge in [-0.3, -0.25) is 0 Å². The fourth-order valence-corrected chi connectivity index (χ4v) is 2.15. The quantitative estimate of drug-likeness (QED) is 0.751. The first-order chi connectivity index (χ1) is 7.88. The molecule has 2 N–H and O–H groups in total. The van der Waals surface area contributed by atoms with Gasteiger partial charge in [0.15, 0.2) is 0 Å². The number of β-amino-alcohol motifs (C(OH)–C–C–N with tert-alkyl or cyclic N) is 1. The third kappa shape index (κ3) is 2.88. The molecule has 17 heavy (non-hydrogen) atoms. The van der Waals surface area contributed by atoms with Crippen molar-refractivity contribution in [1.29, 1.82) is 0 Å². The Morgan fingerprint density at radius 2 is 2.06 bits per heavy atom. The monoisotopic (exact) mass is 244 g/mol. The Balaban J connectivity index is 2.83. The topological polar surface area (TPSA) is 81.1 Å². The van der Waals surface area contributed by atoms with Gasteiger partial charge in [0.2, 0.25) is 0 Å². The van der Waals surface area contributed by atoms with Crippen molar-refractivity contribution in [2.24, 2.45) is 0 Å². The zero-order chi connectivity index (χ0) is 13.2. The number of aliphatic carboxylic acids is 1. The third-order valence-electron chi connectivity index (χ3n) is 3.02. The van der Waals surface area contributed by atoms with Crippen LogP contribution in [-0.4, -0.2) is 63.3 Å². The maximum Gasteiger partial charge on any atom is 0.326 e. The molecule has 1 heterocycles. The number of aliphatic hydroxyl groups is 1. The summed E-state index contributed by atoms with van der Waals surface area (Å²) in [6.45, 7) is 6.22. The summed E-state index contributed by atoms with van der Waals surface area (Å²) < 4.78 is 0. The van der Waals surface area contributed by atoms with Gasteiger partial charge in [-0.15, -0.1) is 0 Å². The lowest BCUT2D eigenvalue weighted by molar-refractivity contribution is -0.141. The van der Waals surface area contributed by atoms with E-state index in [4.69, 9.17) is 5.11 Å². The molecular formula is C11H20N2O4. The Morgan fingerprint density at radius 3 is 2.47 bits per heavy atom. The zero-order valence-electron chi connectivity index (χ0n) is 10.5. The Kier molecular flexibility index (Phi) is 4.34. The van der Waals surface area contributed by atoms with E-state index in [0.717, 1.165) is 0 Å². The molecule has 98 valence electrons. The van der Waals surface area contributed by atoms with Crippen molar-refractivity contribution in [2.75, 3.05) is 13.1 Å². The highest BCUT2D eigenvalue weighted by molar-refractivity contribution is 5.83. The highest BCUT2D eigenvalue weighted by atomic mass is 16.4. The Hall–Kier alpha value is -1.30. The molecule has 0 aromatic carbocycles. The smallest absolute Gasteiger partial charge is 0.326 e. The predicted octanol–water partition coefficient (Wildman–Crippen LogP) is 0.357. The minimum Gasteiger partial charge on any atom is -0.480 e. The first kappa shape index (κ1) is 13.8. The summed E-state index contributed by atoms with van der Waals surface area (Å²) in [7, 11) is 0. The Bertz CT molecular complexity index is 306. The molecule has 2 atom stereocenters. The summed E-state index contributed by atoms with van der Waals surface area (Å²) >= 11 is 0. The number of hydrogen-bond acceptors (Lipinski definition) is 3. The van der Waals surface area contributed by atoms with Crippen molar-refractivity contribution in [3.8, 4) is 0 Å². The normalized spacial score (nSPS) is 24.2. The SMILES string of the molecule is CCN(C(=O)N1C[C@@H](O)C[C@H]1C(=O)O)C(C)C. The molecule has 2 amide bonds. The molecule has 6 nitrogen and oxygen atoms in total. The number of aliphatic hydroxyl groups excluding tert-OH is 1. The second-order valence-electron chi connectivity index (χ2n) is 4.56. The average Bonchev–Trinajstić information content (AvgIpc) is 2.60. The average molecular weight is 244 g/mol. The minimum atomic E-state index is -1.06. The van der Waals surface area contributed by atoms with Crippen LogP contribution >= 0.6 is 0 Å². The number of carboxylic acid groups (broad SMARTS) is 1. The predicted molar refractivity (Wildman–Crippen MR) is 61.7 cm³/mol. The van der Waals surface area contributed by atoms with Gasteiger partial charge in [0.25, 0.3) is 0 Å². The molecule has 1 aliphatic rings. The van der Waals surface area contributed by atoms with Crippen LogP contribution in [0.25, 0.3) is 0 Å². The first-order valence-electron chi connectivity index (χ1n) is 5.86. The van der Waals surface area contributed by atoms with E-state index >= 15 is 0 Å². The number of hydrogen-bond donors (Lipinski definition) is 2. The van der Waals surface area contributed by atoms with Gasteiger partial charge in [0, 0.05) is 25.6 Å². The third-order valence-corrected chi connectivity index (χ3v) is 3.02. The van der Waals surface area contributed by atoms with E-state index < -0.39 is 18.1 Å². The molecule has 1 rings (SSSR count). The zero-order valence-corrected chi connectivity index (χ0v) is 10.5. The summed E-state index contributed by atoms with van der Waals surface area (Å²) in [4.78, 5) is 26.0. The molecule has 0 radical (unpaired) electrons. The van der Waals surface area contributed by atoms with Crippen LogP contribution in [0.4, 0.5) is 4.79 Å². The fraction of sp³-hybridized carbons (Fsp3) is 0.818. The molecular weight excluding hydrogens is 224 g/mol. The van der Waals surface area contributed by atoms with Crippen LogP contribution in [0.1, 0.15) is 27.2 Å². The molecule has 0 spiro atoms. The van der Waals surface area contributed by atoms with Gasteiger partial charge in [-0.2, -0.15) is 0 Å². The second kappa shape index (κ2) is 5.35. The molecule has 0 bridgehead atoms. The second-order valence-corrected chi connectivity index (χ2v) is 4.56. The van der Waals surface area contributed by atoms with Crippen molar-refractivity contribution < 1.29 is 19.8 Å². The van der Waals surface area contributed by atoms with Crippen LogP contribution in [0.5, 0.6) is 0 Å². The standard InChI is InChI=1S/C11H20N2O4/c1-4-12(7(2)3)11(17)13-6-8(14)5-9(13)10(15)16/h7-9,14H,4-6H2,1-3H3,(H,15,16)/t8-,9-/m0/s1. The lowest BCUT2D eigenvalue weighted by Crippen LogP contribution is -2.50. The van der Waals surface area contributed by atoms with E-state index in [1.807, 2.05) is 20.8 Å². The van der Waals surface area contributed by atoms with Crippen molar-refractivity contribution in [1.82, 2.24) is 9.80 Å². The molecule has 1 saturated heterocycles. The van der Waals surface area contributed by atoms with Crippen LogP contribution < -0.4 is 0 Å². The highest BCUT2D eigenvalue weighted by Crippen LogP contribution is 2.20. The van der Waals surface area contributed by atoms with Gasteiger partial charge in [0.1, 0.15) is 6.04 Å². The van der Waals surface area contributed by atoms with Gasteiger partial charge >= 0.3 is 12.0 Å². The molecule has 0 unspecified atom stereocenters. The first-order valence-corrected chi connectivity index (χ1v) is 5.86. The molecule has 0 aromatic heterocycles. The number of carbonyl (C=O) groups is 2. The van der Waals surface area contributed by atoms with E-state index in [1.165, 1.54) is 4.90 Å². The minimum absolute atomic E-state index is 0.0136. The summed E-state index contributed by atoms with van der Waals surface area (Å²) in [6, 6.07) is -1.21. The van der Waals surface area contributed by atoms with Crippen LogP contribution in [-0.2, 0) is 4.79 Å². The maximum atomic E-state index is 12.2.